The molecule has 2 unspecified atom stereocenters. The van der Waals surface area contributed by atoms with Crippen molar-refractivity contribution in [2.24, 2.45) is 5.92 Å². The number of rotatable bonds is 6. The van der Waals surface area contributed by atoms with E-state index in [4.69, 9.17) is 5.11 Å². The standard InChI is InChI=1S/C12H17NO4S/c1-9(12(14)15)8-18(16,17)13-10(2)11-6-4-3-5-7-11/h3-7,9-10,13H,8H2,1-2H3,(H,14,15). The number of carbonyl (C=O) groups is 1. The molecule has 1 aromatic carbocycles. The number of hydrogen-bond donors (Lipinski definition) is 2. The Morgan fingerprint density at radius 1 is 1.28 bits per heavy atom. The number of sulfonamides is 1. The monoisotopic (exact) mass is 271 g/mol. The van der Waals surface area contributed by atoms with Crippen LogP contribution in [0, 0.1) is 5.92 Å². The van der Waals surface area contributed by atoms with E-state index in [0.29, 0.717) is 0 Å². The van der Waals surface area contributed by atoms with Crippen molar-refractivity contribution in [2.45, 2.75) is 19.9 Å². The third kappa shape index (κ3) is 4.46. The van der Waals surface area contributed by atoms with Crippen molar-refractivity contribution < 1.29 is 18.3 Å². The molecule has 0 radical (unpaired) electrons. The van der Waals surface area contributed by atoms with Crippen LogP contribution in [0.2, 0.25) is 0 Å². The van der Waals surface area contributed by atoms with Gasteiger partial charge in [-0.25, -0.2) is 13.1 Å². The minimum Gasteiger partial charge on any atom is -0.481 e. The van der Waals surface area contributed by atoms with Crippen LogP contribution in [-0.4, -0.2) is 25.2 Å². The fourth-order valence-electron chi connectivity index (χ4n) is 1.53. The minimum atomic E-state index is -3.60. The zero-order chi connectivity index (χ0) is 13.8. The van der Waals surface area contributed by atoms with Gasteiger partial charge in [-0.3, -0.25) is 4.79 Å². The summed E-state index contributed by atoms with van der Waals surface area (Å²) in [7, 11) is -3.60. The largest absolute Gasteiger partial charge is 0.481 e. The second-order valence-corrected chi connectivity index (χ2v) is 6.07. The Balaban J connectivity index is 2.69. The molecule has 0 spiro atoms. The smallest absolute Gasteiger partial charge is 0.307 e. The fraction of sp³-hybridized carbons (Fsp3) is 0.417. The molecule has 1 aromatic rings. The number of carboxylic acids is 1. The van der Waals surface area contributed by atoms with Crippen molar-refractivity contribution in [1.29, 1.82) is 0 Å². The SMILES string of the molecule is CC(CS(=O)(=O)NC(C)c1ccccc1)C(=O)O. The first-order valence-electron chi connectivity index (χ1n) is 5.59. The summed E-state index contributed by atoms with van der Waals surface area (Å²) in [6, 6.07) is 8.73. The van der Waals surface area contributed by atoms with Crippen LogP contribution in [-0.2, 0) is 14.8 Å². The third-order valence-corrected chi connectivity index (χ3v) is 4.20. The summed E-state index contributed by atoms with van der Waals surface area (Å²) in [6.45, 7) is 3.09. The van der Waals surface area contributed by atoms with Crippen LogP contribution in [0.25, 0.3) is 0 Å². The Kier molecular flexibility index (Phi) is 4.86. The van der Waals surface area contributed by atoms with E-state index in [0.717, 1.165) is 5.56 Å². The fourth-order valence-corrected chi connectivity index (χ4v) is 3.10. The third-order valence-electron chi connectivity index (χ3n) is 2.55. The highest BCUT2D eigenvalue weighted by Crippen LogP contribution is 2.13. The van der Waals surface area contributed by atoms with Crippen LogP contribution >= 0.6 is 0 Å². The molecular weight excluding hydrogens is 254 g/mol. The van der Waals surface area contributed by atoms with Crippen molar-refractivity contribution in [1.82, 2.24) is 4.72 Å². The van der Waals surface area contributed by atoms with Crippen LogP contribution in [0.1, 0.15) is 25.5 Å². The van der Waals surface area contributed by atoms with Gasteiger partial charge in [-0.2, -0.15) is 0 Å². The molecule has 2 atom stereocenters. The lowest BCUT2D eigenvalue weighted by Gasteiger charge is -2.15. The summed E-state index contributed by atoms with van der Waals surface area (Å²) in [5, 5.41) is 8.70. The van der Waals surface area contributed by atoms with Gasteiger partial charge in [0.2, 0.25) is 10.0 Å². The maximum Gasteiger partial charge on any atom is 0.307 e. The number of carboxylic acid groups (broad SMARTS) is 1. The van der Waals surface area contributed by atoms with Crippen molar-refractivity contribution in [3.05, 3.63) is 35.9 Å². The molecule has 0 aliphatic carbocycles. The second kappa shape index (κ2) is 5.97. The van der Waals surface area contributed by atoms with Gasteiger partial charge in [-0.15, -0.1) is 0 Å². The zero-order valence-corrected chi connectivity index (χ0v) is 11.1. The van der Waals surface area contributed by atoms with E-state index in [-0.39, 0.29) is 6.04 Å². The summed E-state index contributed by atoms with van der Waals surface area (Å²) in [6.07, 6.45) is 0. The summed E-state index contributed by atoms with van der Waals surface area (Å²) in [5.41, 5.74) is 0.837. The summed E-state index contributed by atoms with van der Waals surface area (Å²) >= 11 is 0. The normalized spacial score (nSPS) is 15.0. The second-order valence-electron chi connectivity index (χ2n) is 4.27. The highest BCUT2D eigenvalue weighted by atomic mass is 32.2. The minimum absolute atomic E-state index is 0.378. The topological polar surface area (TPSA) is 83.5 Å². The van der Waals surface area contributed by atoms with Crippen molar-refractivity contribution >= 4 is 16.0 Å². The summed E-state index contributed by atoms with van der Waals surface area (Å²) < 4.78 is 26.0. The van der Waals surface area contributed by atoms with Crippen LogP contribution in [0.15, 0.2) is 30.3 Å². The van der Waals surface area contributed by atoms with Crippen LogP contribution in [0.4, 0.5) is 0 Å². The molecule has 1 rings (SSSR count). The van der Waals surface area contributed by atoms with Crippen molar-refractivity contribution in [3.63, 3.8) is 0 Å². The van der Waals surface area contributed by atoms with E-state index < -0.39 is 27.7 Å². The Labute approximate surface area is 107 Å². The molecule has 0 saturated heterocycles. The van der Waals surface area contributed by atoms with E-state index in [9.17, 15) is 13.2 Å². The van der Waals surface area contributed by atoms with Gasteiger partial charge in [0.1, 0.15) is 0 Å². The van der Waals surface area contributed by atoms with Gasteiger partial charge >= 0.3 is 5.97 Å². The molecular formula is C12H17NO4S. The van der Waals surface area contributed by atoms with Gasteiger partial charge in [0.25, 0.3) is 0 Å². The average Bonchev–Trinajstić information content (AvgIpc) is 2.28. The highest BCUT2D eigenvalue weighted by molar-refractivity contribution is 7.89. The number of aliphatic carboxylic acids is 1. The molecule has 0 aromatic heterocycles. The zero-order valence-electron chi connectivity index (χ0n) is 10.3. The lowest BCUT2D eigenvalue weighted by molar-refractivity contribution is -0.140. The molecule has 0 heterocycles. The van der Waals surface area contributed by atoms with Crippen LogP contribution < -0.4 is 4.72 Å². The maximum atomic E-state index is 11.8. The Bertz CT molecular complexity index is 498. The van der Waals surface area contributed by atoms with Crippen LogP contribution in [0.3, 0.4) is 0 Å². The molecule has 0 aliphatic rings. The van der Waals surface area contributed by atoms with Gasteiger partial charge in [0.05, 0.1) is 11.7 Å². The predicted molar refractivity (Wildman–Crippen MR) is 68.6 cm³/mol. The van der Waals surface area contributed by atoms with E-state index >= 15 is 0 Å². The first kappa shape index (κ1) is 14.7. The molecule has 6 heteroatoms. The average molecular weight is 271 g/mol. The van der Waals surface area contributed by atoms with E-state index in [2.05, 4.69) is 4.72 Å². The first-order valence-corrected chi connectivity index (χ1v) is 7.25. The molecule has 0 fully saturated rings. The predicted octanol–water partition coefficient (Wildman–Crippen LogP) is 1.39. The number of hydrogen-bond acceptors (Lipinski definition) is 3. The first-order chi connectivity index (χ1) is 8.32. The Morgan fingerprint density at radius 3 is 2.33 bits per heavy atom. The molecule has 100 valence electrons. The molecule has 18 heavy (non-hydrogen) atoms. The Morgan fingerprint density at radius 2 is 1.83 bits per heavy atom. The Hall–Kier alpha value is -1.40. The lowest BCUT2D eigenvalue weighted by Crippen LogP contribution is -2.33. The van der Waals surface area contributed by atoms with Gasteiger partial charge in [-0.1, -0.05) is 37.3 Å². The quantitative estimate of drug-likeness (QED) is 0.819. The molecule has 0 aliphatic heterocycles. The number of nitrogens with one attached hydrogen (secondary N) is 1. The summed E-state index contributed by atoms with van der Waals surface area (Å²) in [4.78, 5) is 10.6. The van der Waals surface area contributed by atoms with Gasteiger partial charge in [-0.05, 0) is 12.5 Å². The van der Waals surface area contributed by atoms with E-state index in [1.54, 1.807) is 6.92 Å². The maximum absolute atomic E-state index is 11.8. The van der Waals surface area contributed by atoms with Gasteiger partial charge in [0, 0.05) is 6.04 Å². The van der Waals surface area contributed by atoms with Crippen molar-refractivity contribution in [2.75, 3.05) is 5.75 Å². The highest BCUT2D eigenvalue weighted by Gasteiger charge is 2.22. The van der Waals surface area contributed by atoms with Crippen LogP contribution in [0.5, 0.6) is 0 Å². The van der Waals surface area contributed by atoms with E-state index in [1.807, 2.05) is 30.3 Å². The van der Waals surface area contributed by atoms with E-state index in [1.165, 1.54) is 6.92 Å². The lowest BCUT2D eigenvalue weighted by atomic mass is 10.1. The summed E-state index contributed by atoms with van der Waals surface area (Å²) in [5.74, 6) is -2.46. The molecule has 0 amide bonds. The van der Waals surface area contributed by atoms with Gasteiger partial charge in [0.15, 0.2) is 0 Å². The molecule has 0 saturated carbocycles. The number of benzene rings is 1. The molecule has 5 nitrogen and oxygen atoms in total. The van der Waals surface area contributed by atoms with Gasteiger partial charge < -0.3 is 5.11 Å². The van der Waals surface area contributed by atoms with Crippen molar-refractivity contribution in [3.8, 4) is 0 Å². The molecule has 2 N–H and O–H groups in total. The molecule has 0 bridgehead atoms.